The average molecular weight is 332 g/mol. The summed E-state index contributed by atoms with van der Waals surface area (Å²) >= 11 is 5.95. The number of benzene rings is 1. The molecule has 1 aromatic carbocycles. The fourth-order valence-corrected chi connectivity index (χ4v) is 3.97. The summed E-state index contributed by atoms with van der Waals surface area (Å²) in [6.45, 7) is 6.89. The predicted molar refractivity (Wildman–Crippen MR) is 86.1 cm³/mol. The summed E-state index contributed by atoms with van der Waals surface area (Å²) in [6.07, 6.45) is -0.104. The lowest BCUT2D eigenvalue weighted by Crippen LogP contribution is -2.53. The second-order valence-corrected chi connectivity index (χ2v) is 8.46. The lowest BCUT2D eigenvalue weighted by Gasteiger charge is -2.43. The van der Waals surface area contributed by atoms with Gasteiger partial charge in [0.25, 0.3) is 0 Å². The number of morpholine rings is 1. The van der Waals surface area contributed by atoms with Crippen LogP contribution < -0.4 is 4.90 Å². The molecule has 4 nitrogen and oxygen atoms in total. The van der Waals surface area contributed by atoms with Crippen LogP contribution >= 0.6 is 11.6 Å². The number of nitrogens with zero attached hydrogens (tertiary/aromatic N) is 1. The Balaban J connectivity index is 2.42. The fraction of sp³-hybridized carbons (Fsp3) is 0.600. The molecule has 0 aromatic heterocycles. The molecule has 1 aromatic rings. The van der Waals surface area contributed by atoms with Gasteiger partial charge in [0.1, 0.15) is 0 Å². The van der Waals surface area contributed by atoms with Crippen LogP contribution in [-0.4, -0.2) is 44.8 Å². The summed E-state index contributed by atoms with van der Waals surface area (Å²) in [5.74, 6) is 0.485. The van der Waals surface area contributed by atoms with E-state index in [2.05, 4.69) is 4.90 Å². The Hall–Kier alpha value is -0.780. The van der Waals surface area contributed by atoms with Gasteiger partial charge in [0, 0.05) is 13.1 Å². The maximum atomic E-state index is 12.3. The molecule has 21 heavy (non-hydrogen) atoms. The summed E-state index contributed by atoms with van der Waals surface area (Å²) < 4.78 is 30.5. The second kappa shape index (κ2) is 6.15. The van der Waals surface area contributed by atoms with E-state index in [0.29, 0.717) is 23.9 Å². The molecule has 2 rings (SSSR count). The van der Waals surface area contributed by atoms with Gasteiger partial charge in [0.15, 0.2) is 9.84 Å². The third-order valence-electron chi connectivity index (χ3n) is 3.57. The number of alkyl halides is 1. The lowest BCUT2D eigenvalue weighted by molar-refractivity contribution is -0.0735. The van der Waals surface area contributed by atoms with Gasteiger partial charge in [0.05, 0.1) is 33.9 Å². The number of hydrogen-bond donors (Lipinski definition) is 0. The van der Waals surface area contributed by atoms with E-state index in [4.69, 9.17) is 16.3 Å². The van der Waals surface area contributed by atoms with E-state index in [9.17, 15) is 8.42 Å². The normalized spacial score (nSPS) is 22.3. The lowest BCUT2D eigenvalue weighted by atomic mass is 10.0. The third kappa shape index (κ3) is 3.71. The molecule has 0 N–H and O–H groups in total. The highest BCUT2D eigenvalue weighted by Gasteiger charge is 2.34. The van der Waals surface area contributed by atoms with Crippen LogP contribution in [0.1, 0.15) is 20.8 Å². The van der Waals surface area contributed by atoms with Crippen LogP contribution in [-0.2, 0) is 14.6 Å². The minimum absolute atomic E-state index is 0.0939. The number of para-hydroxylation sites is 1. The first-order valence-corrected chi connectivity index (χ1v) is 9.28. The fourth-order valence-electron chi connectivity index (χ4n) is 2.70. The number of rotatable bonds is 4. The van der Waals surface area contributed by atoms with Crippen molar-refractivity contribution in [3.63, 3.8) is 0 Å². The Kier molecular flexibility index (Phi) is 4.85. The Morgan fingerprint density at radius 2 is 2.05 bits per heavy atom. The molecule has 0 spiro atoms. The molecule has 1 fully saturated rings. The molecule has 6 heteroatoms. The largest absolute Gasteiger partial charge is 0.367 e. The van der Waals surface area contributed by atoms with E-state index in [1.807, 2.05) is 26.0 Å². The smallest absolute Gasteiger partial charge is 0.180 e. The molecule has 0 amide bonds. The molecule has 1 heterocycles. The minimum Gasteiger partial charge on any atom is -0.367 e. The van der Waals surface area contributed by atoms with Crippen molar-refractivity contribution < 1.29 is 13.2 Å². The van der Waals surface area contributed by atoms with Crippen molar-refractivity contribution in [1.82, 2.24) is 0 Å². The van der Waals surface area contributed by atoms with E-state index in [1.54, 1.807) is 19.1 Å². The summed E-state index contributed by atoms with van der Waals surface area (Å²) in [5.41, 5.74) is 0.381. The van der Waals surface area contributed by atoms with Gasteiger partial charge < -0.3 is 9.64 Å². The molecule has 1 aliphatic heterocycles. The molecular formula is C15H22ClNO3S. The zero-order valence-corrected chi connectivity index (χ0v) is 14.2. The molecular weight excluding hydrogens is 310 g/mol. The number of hydrogen-bond acceptors (Lipinski definition) is 4. The van der Waals surface area contributed by atoms with Crippen molar-refractivity contribution in [2.45, 2.75) is 37.4 Å². The standard InChI is InChI=1S/C15H22ClNO3S/c1-4-21(18,19)14-8-6-5-7-13(14)17-10-12(9-16)20-15(2,3)11-17/h5-8,12H,4,9-11H2,1-3H3. The van der Waals surface area contributed by atoms with Crippen molar-refractivity contribution in [2.75, 3.05) is 29.6 Å². The van der Waals surface area contributed by atoms with Gasteiger partial charge in [-0.1, -0.05) is 19.1 Å². The first-order chi connectivity index (χ1) is 9.79. The molecule has 1 aliphatic rings. The number of ether oxygens (including phenoxy) is 1. The second-order valence-electron chi connectivity index (χ2n) is 5.91. The van der Waals surface area contributed by atoms with Crippen molar-refractivity contribution in [2.24, 2.45) is 0 Å². The predicted octanol–water partition coefficient (Wildman–Crippen LogP) is 2.70. The van der Waals surface area contributed by atoms with Crippen molar-refractivity contribution in [3.8, 4) is 0 Å². The quantitative estimate of drug-likeness (QED) is 0.796. The van der Waals surface area contributed by atoms with E-state index >= 15 is 0 Å². The topological polar surface area (TPSA) is 46.6 Å². The Labute approximate surface area is 132 Å². The van der Waals surface area contributed by atoms with Crippen LogP contribution in [0.25, 0.3) is 0 Å². The molecule has 1 unspecified atom stereocenters. The number of anilines is 1. The van der Waals surface area contributed by atoms with Gasteiger partial charge in [-0.3, -0.25) is 0 Å². The Bertz CT molecular complexity index is 601. The van der Waals surface area contributed by atoms with Gasteiger partial charge >= 0.3 is 0 Å². The van der Waals surface area contributed by atoms with Gasteiger partial charge in [-0.05, 0) is 26.0 Å². The first-order valence-electron chi connectivity index (χ1n) is 7.09. The van der Waals surface area contributed by atoms with Gasteiger partial charge in [-0.15, -0.1) is 11.6 Å². The first kappa shape index (κ1) is 16.6. The SMILES string of the molecule is CCS(=O)(=O)c1ccccc1N1CC(CCl)OC(C)(C)C1. The van der Waals surface area contributed by atoms with Gasteiger partial charge in [0.2, 0.25) is 0 Å². The van der Waals surface area contributed by atoms with Crippen molar-refractivity contribution >= 4 is 27.1 Å². The van der Waals surface area contributed by atoms with Crippen molar-refractivity contribution in [1.29, 1.82) is 0 Å². The molecule has 1 atom stereocenters. The Morgan fingerprint density at radius 3 is 2.67 bits per heavy atom. The molecule has 1 saturated heterocycles. The van der Waals surface area contributed by atoms with Crippen LogP contribution in [0.15, 0.2) is 29.2 Å². The summed E-state index contributed by atoms with van der Waals surface area (Å²) in [6, 6.07) is 7.15. The van der Waals surface area contributed by atoms with Crippen LogP contribution in [0.5, 0.6) is 0 Å². The minimum atomic E-state index is -3.26. The highest BCUT2D eigenvalue weighted by molar-refractivity contribution is 7.91. The summed E-state index contributed by atoms with van der Waals surface area (Å²) in [5, 5.41) is 0. The van der Waals surface area contributed by atoms with Crippen LogP contribution in [0, 0.1) is 0 Å². The molecule has 0 aliphatic carbocycles. The summed E-state index contributed by atoms with van der Waals surface area (Å²) in [4.78, 5) is 2.46. The monoisotopic (exact) mass is 331 g/mol. The van der Waals surface area contributed by atoms with Crippen LogP contribution in [0.3, 0.4) is 0 Å². The average Bonchev–Trinajstić information content (AvgIpc) is 2.45. The molecule has 0 radical (unpaired) electrons. The van der Waals surface area contributed by atoms with E-state index in [0.717, 1.165) is 5.69 Å². The van der Waals surface area contributed by atoms with Crippen LogP contribution in [0.4, 0.5) is 5.69 Å². The zero-order valence-electron chi connectivity index (χ0n) is 12.7. The Morgan fingerprint density at radius 1 is 1.38 bits per heavy atom. The highest BCUT2D eigenvalue weighted by Crippen LogP contribution is 2.31. The van der Waals surface area contributed by atoms with Gasteiger partial charge in [-0.2, -0.15) is 0 Å². The third-order valence-corrected chi connectivity index (χ3v) is 5.69. The van der Waals surface area contributed by atoms with E-state index < -0.39 is 9.84 Å². The molecule has 0 saturated carbocycles. The maximum absolute atomic E-state index is 12.3. The number of halogens is 1. The molecule has 118 valence electrons. The van der Waals surface area contributed by atoms with E-state index in [1.165, 1.54) is 0 Å². The van der Waals surface area contributed by atoms with Crippen molar-refractivity contribution in [3.05, 3.63) is 24.3 Å². The van der Waals surface area contributed by atoms with Gasteiger partial charge in [-0.25, -0.2) is 8.42 Å². The number of sulfone groups is 1. The van der Waals surface area contributed by atoms with Crippen LogP contribution in [0.2, 0.25) is 0 Å². The van der Waals surface area contributed by atoms with E-state index in [-0.39, 0.29) is 17.5 Å². The maximum Gasteiger partial charge on any atom is 0.180 e. The highest BCUT2D eigenvalue weighted by atomic mass is 35.5. The summed E-state index contributed by atoms with van der Waals surface area (Å²) in [7, 11) is -3.26. The zero-order chi connectivity index (χ0) is 15.7. The molecule has 0 bridgehead atoms.